The summed E-state index contributed by atoms with van der Waals surface area (Å²) in [6, 6.07) is 5.90. The van der Waals surface area contributed by atoms with Gasteiger partial charge in [-0.05, 0) is 31.5 Å². The molecule has 0 saturated carbocycles. The number of nitrogens with zero attached hydrogens (tertiary/aromatic N) is 1. The van der Waals surface area contributed by atoms with Gasteiger partial charge in [-0.25, -0.2) is 0 Å². The van der Waals surface area contributed by atoms with Gasteiger partial charge in [0.05, 0.1) is 10.6 Å². The molecule has 0 spiro atoms. The molecular formula is C15H23ClN2O. The summed E-state index contributed by atoms with van der Waals surface area (Å²) in [5, 5.41) is 3.90. The van der Waals surface area contributed by atoms with Gasteiger partial charge >= 0.3 is 0 Å². The second-order valence-corrected chi connectivity index (χ2v) is 5.49. The van der Waals surface area contributed by atoms with Crippen LogP contribution in [-0.2, 0) is 0 Å². The van der Waals surface area contributed by atoms with Crippen molar-refractivity contribution in [1.29, 1.82) is 0 Å². The Labute approximate surface area is 120 Å². The number of hydrogen-bond donors (Lipinski definition) is 1. The van der Waals surface area contributed by atoms with E-state index in [0.717, 1.165) is 12.1 Å². The second kappa shape index (κ2) is 7.39. The van der Waals surface area contributed by atoms with Crippen LogP contribution in [0.2, 0.25) is 5.02 Å². The number of amides is 1. The highest BCUT2D eigenvalue weighted by Crippen LogP contribution is 2.22. The lowest BCUT2D eigenvalue weighted by atomic mass is 10.1. The van der Waals surface area contributed by atoms with Gasteiger partial charge < -0.3 is 10.2 Å². The molecule has 0 aliphatic heterocycles. The highest BCUT2D eigenvalue weighted by Gasteiger charge is 2.13. The van der Waals surface area contributed by atoms with E-state index >= 15 is 0 Å². The number of anilines is 1. The predicted octanol–water partition coefficient (Wildman–Crippen LogP) is 4.03. The first kappa shape index (κ1) is 15.8. The van der Waals surface area contributed by atoms with Gasteiger partial charge in [0.1, 0.15) is 0 Å². The third-order valence-corrected chi connectivity index (χ3v) is 3.34. The van der Waals surface area contributed by atoms with Crippen LogP contribution < -0.4 is 5.32 Å². The Morgan fingerprint density at radius 2 is 2.11 bits per heavy atom. The van der Waals surface area contributed by atoms with Gasteiger partial charge in [-0.1, -0.05) is 31.4 Å². The molecule has 0 radical (unpaired) electrons. The van der Waals surface area contributed by atoms with E-state index < -0.39 is 0 Å². The maximum Gasteiger partial charge on any atom is 0.254 e. The first-order valence-corrected chi connectivity index (χ1v) is 7.11. The maximum atomic E-state index is 12.0. The Hall–Kier alpha value is -1.22. The normalized spacial score (nSPS) is 12.1. The Morgan fingerprint density at radius 1 is 1.42 bits per heavy atom. The number of halogens is 1. The van der Waals surface area contributed by atoms with Crippen molar-refractivity contribution in [3.05, 3.63) is 28.8 Å². The van der Waals surface area contributed by atoms with E-state index in [0.29, 0.717) is 16.6 Å². The molecule has 1 aromatic rings. The Balaban J connectivity index is 2.81. The van der Waals surface area contributed by atoms with Crippen LogP contribution in [0.5, 0.6) is 0 Å². The summed E-state index contributed by atoms with van der Waals surface area (Å²) in [6.07, 6.45) is 3.51. The molecule has 0 saturated heterocycles. The van der Waals surface area contributed by atoms with Crippen LogP contribution in [-0.4, -0.2) is 30.9 Å². The summed E-state index contributed by atoms with van der Waals surface area (Å²) < 4.78 is 0. The molecule has 4 heteroatoms. The van der Waals surface area contributed by atoms with Crippen molar-refractivity contribution in [2.24, 2.45) is 0 Å². The van der Waals surface area contributed by atoms with Crippen molar-refractivity contribution in [2.45, 2.75) is 39.2 Å². The second-order valence-electron chi connectivity index (χ2n) is 5.08. The fourth-order valence-electron chi connectivity index (χ4n) is 1.89. The summed E-state index contributed by atoms with van der Waals surface area (Å²) >= 11 is 6.08. The molecule has 0 aliphatic rings. The summed E-state index contributed by atoms with van der Waals surface area (Å²) in [5.41, 5.74) is 1.48. The summed E-state index contributed by atoms with van der Waals surface area (Å²) in [5.74, 6) is -0.0742. The highest BCUT2D eigenvalue weighted by molar-refractivity contribution is 6.34. The van der Waals surface area contributed by atoms with Crippen molar-refractivity contribution >= 4 is 23.2 Å². The number of hydrogen-bond acceptors (Lipinski definition) is 2. The zero-order chi connectivity index (χ0) is 14.4. The lowest BCUT2D eigenvalue weighted by Crippen LogP contribution is -2.22. The minimum Gasteiger partial charge on any atom is -0.383 e. The van der Waals surface area contributed by atoms with Gasteiger partial charge in [0.25, 0.3) is 5.91 Å². The summed E-state index contributed by atoms with van der Waals surface area (Å²) in [7, 11) is 3.45. The van der Waals surface area contributed by atoms with E-state index in [4.69, 9.17) is 11.6 Å². The van der Waals surface area contributed by atoms with Gasteiger partial charge in [0.15, 0.2) is 0 Å². The molecule has 1 aromatic carbocycles. The Bertz CT molecular complexity index is 432. The average Bonchev–Trinajstić information content (AvgIpc) is 2.37. The zero-order valence-corrected chi connectivity index (χ0v) is 12.9. The van der Waals surface area contributed by atoms with E-state index in [1.54, 1.807) is 20.2 Å². The molecule has 0 heterocycles. The highest BCUT2D eigenvalue weighted by atomic mass is 35.5. The zero-order valence-electron chi connectivity index (χ0n) is 12.2. The molecule has 1 rings (SSSR count). The lowest BCUT2D eigenvalue weighted by Gasteiger charge is -2.17. The van der Waals surface area contributed by atoms with Crippen LogP contribution in [0, 0.1) is 0 Å². The van der Waals surface area contributed by atoms with Crippen LogP contribution in [0.1, 0.15) is 43.5 Å². The molecule has 0 bridgehead atoms. The third-order valence-electron chi connectivity index (χ3n) is 3.01. The fraction of sp³-hybridized carbons (Fsp3) is 0.533. The van der Waals surface area contributed by atoms with Crippen molar-refractivity contribution in [1.82, 2.24) is 4.90 Å². The van der Waals surface area contributed by atoms with E-state index in [1.165, 1.54) is 17.7 Å². The largest absolute Gasteiger partial charge is 0.383 e. The Morgan fingerprint density at radius 3 is 2.68 bits per heavy atom. The van der Waals surface area contributed by atoms with Gasteiger partial charge in [0.2, 0.25) is 0 Å². The van der Waals surface area contributed by atoms with Crippen LogP contribution in [0.25, 0.3) is 0 Å². The SMILES string of the molecule is CCCCC(C)Nc1ccc(Cl)c(C(=O)N(C)C)c1. The summed E-state index contributed by atoms with van der Waals surface area (Å²) in [6.45, 7) is 4.33. The van der Waals surface area contributed by atoms with E-state index in [1.807, 2.05) is 12.1 Å². The molecule has 1 unspecified atom stereocenters. The Kier molecular flexibility index (Phi) is 6.16. The average molecular weight is 283 g/mol. The smallest absolute Gasteiger partial charge is 0.254 e. The molecule has 1 amide bonds. The van der Waals surface area contributed by atoms with Gasteiger partial charge in [-0.3, -0.25) is 4.79 Å². The number of rotatable bonds is 6. The van der Waals surface area contributed by atoms with Gasteiger partial charge in [-0.2, -0.15) is 0 Å². The van der Waals surface area contributed by atoms with Crippen molar-refractivity contribution in [2.75, 3.05) is 19.4 Å². The van der Waals surface area contributed by atoms with Crippen molar-refractivity contribution in [3.8, 4) is 0 Å². The molecule has 106 valence electrons. The van der Waals surface area contributed by atoms with Crippen LogP contribution in [0.15, 0.2) is 18.2 Å². The number of carbonyl (C=O) groups excluding carboxylic acids is 1. The van der Waals surface area contributed by atoms with Crippen LogP contribution in [0.4, 0.5) is 5.69 Å². The molecule has 3 nitrogen and oxygen atoms in total. The van der Waals surface area contributed by atoms with Crippen molar-refractivity contribution < 1.29 is 4.79 Å². The van der Waals surface area contributed by atoms with Crippen LogP contribution in [0.3, 0.4) is 0 Å². The standard InChI is InChI=1S/C15H23ClN2O/c1-5-6-7-11(2)17-12-8-9-14(16)13(10-12)15(19)18(3)4/h8-11,17H,5-7H2,1-4H3. The lowest BCUT2D eigenvalue weighted by molar-refractivity contribution is 0.0828. The van der Waals surface area contributed by atoms with Crippen molar-refractivity contribution in [3.63, 3.8) is 0 Å². The number of unbranched alkanes of at least 4 members (excludes halogenated alkanes) is 1. The molecule has 1 N–H and O–H groups in total. The number of carbonyl (C=O) groups is 1. The molecule has 0 fully saturated rings. The first-order chi connectivity index (χ1) is 8.95. The van der Waals surface area contributed by atoms with E-state index in [-0.39, 0.29) is 5.91 Å². The van der Waals surface area contributed by atoms with Gasteiger partial charge in [-0.15, -0.1) is 0 Å². The fourth-order valence-corrected chi connectivity index (χ4v) is 2.09. The minimum absolute atomic E-state index is 0.0742. The third kappa shape index (κ3) is 4.75. The van der Waals surface area contributed by atoms with Crippen LogP contribution >= 0.6 is 11.6 Å². The van der Waals surface area contributed by atoms with E-state index in [9.17, 15) is 4.79 Å². The monoisotopic (exact) mass is 282 g/mol. The summed E-state index contributed by atoms with van der Waals surface area (Å²) in [4.78, 5) is 13.5. The molecule has 1 atom stereocenters. The van der Waals surface area contributed by atoms with Gasteiger partial charge in [0, 0.05) is 25.8 Å². The number of nitrogens with one attached hydrogen (secondary N) is 1. The molecule has 0 aliphatic carbocycles. The minimum atomic E-state index is -0.0742. The number of benzene rings is 1. The molecular weight excluding hydrogens is 260 g/mol. The quantitative estimate of drug-likeness (QED) is 0.854. The molecule has 19 heavy (non-hydrogen) atoms. The topological polar surface area (TPSA) is 32.3 Å². The first-order valence-electron chi connectivity index (χ1n) is 6.73. The molecule has 0 aromatic heterocycles. The maximum absolute atomic E-state index is 12.0. The predicted molar refractivity (Wildman–Crippen MR) is 82.1 cm³/mol. The van der Waals surface area contributed by atoms with E-state index in [2.05, 4.69) is 19.2 Å².